The Hall–Kier alpha value is -2.08. The van der Waals surface area contributed by atoms with Crippen molar-refractivity contribution in [1.29, 1.82) is 0 Å². The molecule has 0 saturated carbocycles. The summed E-state index contributed by atoms with van der Waals surface area (Å²) in [7, 11) is 0. The number of rotatable bonds is 7. The Bertz CT molecular complexity index is 1040. The van der Waals surface area contributed by atoms with Gasteiger partial charge in [-0.15, -0.1) is 0 Å². The van der Waals surface area contributed by atoms with Crippen LogP contribution in [0.15, 0.2) is 63.9 Å². The second-order valence-electron chi connectivity index (χ2n) is 7.69. The van der Waals surface area contributed by atoms with Crippen molar-refractivity contribution in [1.82, 2.24) is 5.32 Å². The molecule has 0 saturated heterocycles. The van der Waals surface area contributed by atoms with Crippen LogP contribution in [0.3, 0.4) is 0 Å². The van der Waals surface area contributed by atoms with Gasteiger partial charge in [0, 0.05) is 0 Å². The van der Waals surface area contributed by atoms with E-state index in [1.807, 2.05) is 6.92 Å². The molecule has 3 nitrogen and oxygen atoms in total. The average Bonchev–Trinajstić information content (AvgIpc) is 3.14. The first-order valence-electron chi connectivity index (χ1n) is 10.7. The van der Waals surface area contributed by atoms with E-state index in [0.717, 1.165) is 12.1 Å². The molecule has 0 aromatic heterocycles. The third kappa shape index (κ3) is 4.84. The quantitative estimate of drug-likeness (QED) is 0.260. The van der Waals surface area contributed by atoms with E-state index in [4.69, 9.17) is 3.07 Å². The number of fused-ring (bicyclic) bond motifs is 1. The average molecular weight is 599 g/mol. The molecule has 1 amide bonds. The van der Waals surface area contributed by atoms with E-state index in [9.17, 15) is 31.1 Å². The molecule has 2 aromatic rings. The molecule has 0 aliphatic carbocycles. The van der Waals surface area contributed by atoms with Gasteiger partial charge in [0.1, 0.15) is 0 Å². The first kappa shape index (κ1) is 26.5. The van der Waals surface area contributed by atoms with Crippen LogP contribution in [0.4, 0.5) is 26.3 Å². The van der Waals surface area contributed by atoms with Crippen molar-refractivity contribution >= 4 is 26.1 Å². The maximum absolute atomic E-state index is 14.1. The van der Waals surface area contributed by atoms with Gasteiger partial charge in [-0.1, -0.05) is 0 Å². The van der Waals surface area contributed by atoms with Gasteiger partial charge in [-0.3, -0.25) is 0 Å². The Morgan fingerprint density at radius 3 is 2.00 bits per heavy atom. The van der Waals surface area contributed by atoms with E-state index in [1.54, 1.807) is 37.3 Å². The van der Waals surface area contributed by atoms with E-state index < -0.39 is 49.7 Å². The number of benzene rings is 2. The zero-order chi connectivity index (χ0) is 25.1. The summed E-state index contributed by atoms with van der Waals surface area (Å²) in [5.41, 5.74) is -4.61. The van der Waals surface area contributed by atoms with Crippen molar-refractivity contribution < 1.29 is 34.2 Å². The number of halogens is 7. The molecule has 3 rings (SSSR count). The van der Waals surface area contributed by atoms with Crippen molar-refractivity contribution in [3.05, 3.63) is 78.6 Å². The summed E-state index contributed by atoms with van der Waals surface area (Å²) in [4.78, 5) is 12.8. The van der Waals surface area contributed by atoms with E-state index in [1.165, 1.54) is 12.1 Å². The summed E-state index contributed by atoms with van der Waals surface area (Å²) in [5.74, 6) is -0.473. The van der Waals surface area contributed by atoms with Crippen molar-refractivity contribution in [2.45, 2.75) is 57.5 Å². The molecule has 186 valence electrons. The van der Waals surface area contributed by atoms with E-state index >= 15 is 0 Å². The molecule has 0 bridgehead atoms. The van der Waals surface area contributed by atoms with Gasteiger partial charge in [0.05, 0.1) is 0 Å². The van der Waals surface area contributed by atoms with Crippen LogP contribution in [0.1, 0.15) is 55.5 Å². The van der Waals surface area contributed by atoms with Crippen molar-refractivity contribution in [3.8, 4) is 0 Å². The number of hydrogen-bond acceptors (Lipinski definition) is 2. The summed E-state index contributed by atoms with van der Waals surface area (Å²) in [6, 6.07) is 12.9. The third-order valence-corrected chi connectivity index (χ3v) is 10.7. The normalized spacial score (nSPS) is 17.2. The first-order chi connectivity index (χ1) is 16.0. The van der Waals surface area contributed by atoms with Gasteiger partial charge >= 0.3 is 202 Å². The molecule has 0 atom stereocenters. The first-order valence-corrected chi connectivity index (χ1v) is 13.7. The molecule has 1 aliphatic heterocycles. The summed E-state index contributed by atoms with van der Waals surface area (Å²) >= 11 is -3.69. The second-order valence-corrected chi connectivity index (χ2v) is 12.0. The standard InChI is InChI=1S/C24H24F6INO2/c1-3-10-19(20(11-4-2)32-21(33)16-12-6-5-7-13-16)31-18-15-9-8-14-17(18)22(34-31,23(25,26)27)24(28,29)30/h5-9,12-15H,3-4,10-11H2,1-2H3,(H,32,33)/b20-19+. The number of alkyl halides is 6. The van der Waals surface area contributed by atoms with Crippen LogP contribution in [0, 0.1) is 3.57 Å². The zero-order valence-corrected chi connectivity index (χ0v) is 20.6. The Kier molecular flexibility index (Phi) is 8.01. The number of nitrogens with one attached hydrogen (secondary N) is 1. The Balaban J connectivity index is 2.18. The minimum atomic E-state index is -5.71. The molecule has 2 aromatic carbocycles. The molecule has 0 spiro atoms. The number of allylic oxidation sites excluding steroid dienone is 2. The molecule has 1 N–H and O–H groups in total. The van der Waals surface area contributed by atoms with Gasteiger partial charge in [0.15, 0.2) is 0 Å². The van der Waals surface area contributed by atoms with E-state index in [0.29, 0.717) is 34.1 Å². The van der Waals surface area contributed by atoms with Crippen molar-refractivity contribution in [2.24, 2.45) is 0 Å². The van der Waals surface area contributed by atoms with Crippen LogP contribution in [-0.2, 0) is 8.67 Å². The second kappa shape index (κ2) is 10.3. The molecule has 0 radical (unpaired) electrons. The fourth-order valence-electron chi connectivity index (χ4n) is 3.69. The number of carbonyl (C=O) groups is 1. The summed E-state index contributed by atoms with van der Waals surface area (Å²) in [6.07, 6.45) is -9.90. The van der Waals surface area contributed by atoms with Gasteiger partial charge in [-0.05, 0) is 0 Å². The SMILES string of the molecule is CCC/C(NC(=O)c1ccccc1)=C(/CCC)I1OC(C(F)(F)F)(C(F)(F)F)c2ccccc21. The zero-order valence-electron chi connectivity index (χ0n) is 18.5. The number of amides is 1. The van der Waals surface area contributed by atoms with Crippen molar-refractivity contribution in [3.63, 3.8) is 0 Å². The van der Waals surface area contributed by atoms with Crippen LogP contribution >= 0.6 is 20.2 Å². The predicted molar refractivity (Wildman–Crippen MR) is 125 cm³/mol. The summed E-state index contributed by atoms with van der Waals surface area (Å²) < 4.78 is 90.0. The molecule has 1 heterocycles. The van der Waals surface area contributed by atoms with Gasteiger partial charge in [-0.25, -0.2) is 0 Å². The Morgan fingerprint density at radius 2 is 1.44 bits per heavy atom. The van der Waals surface area contributed by atoms with Crippen LogP contribution in [0.5, 0.6) is 0 Å². The molecule has 0 unspecified atom stereocenters. The summed E-state index contributed by atoms with van der Waals surface area (Å²) in [6.45, 7) is 3.60. The molecular formula is C24H24F6INO2. The Labute approximate surface area is 201 Å². The van der Waals surface area contributed by atoms with Gasteiger partial charge in [0.25, 0.3) is 0 Å². The van der Waals surface area contributed by atoms with Crippen LogP contribution in [0.2, 0.25) is 0 Å². The van der Waals surface area contributed by atoms with Crippen molar-refractivity contribution in [2.75, 3.05) is 0 Å². The monoisotopic (exact) mass is 599 g/mol. The predicted octanol–water partition coefficient (Wildman–Crippen LogP) is 7.87. The van der Waals surface area contributed by atoms with E-state index in [2.05, 4.69) is 5.32 Å². The number of carbonyl (C=O) groups excluding carboxylic acids is 1. The Morgan fingerprint density at radius 1 is 0.882 bits per heavy atom. The molecular weight excluding hydrogens is 575 g/mol. The third-order valence-electron chi connectivity index (χ3n) is 5.23. The maximum atomic E-state index is 14.1. The molecule has 10 heteroatoms. The summed E-state index contributed by atoms with van der Waals surface area (Å²) in [5, 5.41) is 2.77. The number of hydrogen-bond donors (Lipinski definition) is 1. The van der Waals surface area contributed by atoms with Gasteiger partial charge in [0.2, 0.25) is 0 Å². The van der Waals surface area contributed by atoms with Gasteiger partial charge < -0.3 is 0 Å². The van der Waals surface area contributed by atoms with Crippen LogP contribution in [0.25, 0.3) is 0 Å². The molecule has 0 fully saturated rings. The van der Waals surface area contributed by atoms with Crippen LogP contribution < -0.4 is 5.32 Å². The fraction of sp³-hybridized carbons (Fsp3) is 0.375. The molecule has 34 heavy (non-hydrogen) atoms. The molecule has 1 aliphatic rings. The topological polar surface area (TPSA) is 38.3 Å². The van der Waals surface area contributed by atoms with Gasteiger partial charge in [-0.2, -0.15) is 0 Å². The van der Waals surface area contributed by atoms with E-state index in [-0.39, 0.29) is 9.99 Å². The minimum absolute atomic E-state index is 0.0487. The van der Waals surface area contributed by atoms with Crippen LogP contribution in [-0.4, -0.2) is 18.3 Å². The fourth-order valence-corrected chi connectivity index (χ4v) is 9.94.